The summed E-state index contributed by atoms with van der Waals surface area (Å²) in [5.74, 6) is 0.482. The molecule has 0 radical (unpaired) electrons. The largest absolute Gasteiger partial charge is 0.457 e. The zero-order valence-corrected chi connectivity index (χ0v) is 30.4. The summed E-state index contributed by atoms with van der Waals surface area (Å²) in [5.41, 5.74) is 1.93. The van der Waals surface area contributed by atoms with Gasteiger partial charge in [-0.25, -0.2) is 8.42 Å². The average molecular weight is 755 g/mol. The van der Waals surface area contributed by atoms with E-state index in [1.807, 2.05) is 98.8 Å². The van der Waals surface area contributed by atoms with Gasteiger partial charge in [-0.15, -0.1) is 0 Å². The lowest BCUT2D eigenvalue weighted by Crippen LogP contribution is -2.53. The van der Waals surface area contributed by atoms with E-state index in [0.717, 1.165) is 19.9 Å². The molecule has 258 valence electrons. The van der Waals surface area contributed by atoms with Crippen molar-refractivity contribution in [3.8, 4) is 11.5 Å². The number of anilines is 1. The number of amides is 2. The first-order valence-electron chi connectivity index (χ1n) is 16.4. The Bertz CT molecular complexity index is 1940. The number of nitrogens with zero attached hydrogens (tertiary/aromatic N) is 2. The zero-order valence-electron chi connectivity index (χ0n) is 28.0. The Labute approximate surface area is 302 Å². The van der Waals surface area contributed by atoms with Crippen LogP contribution >= 0.6 is 15.9 Å². The first-order chi connectivity index (χ1) is 24.1. The Morgan fingerprint density at radius 1 is 0.720 bits per heavy atom. The number of rotatable bonds is 15. The van der Waals surface area contributed by atoms with Crippen molar-refractivity contribution in [2.75, 3.05) is 17.4 Å². The molecule has 2 amide bonds. The molecule has 5 aromatic rings. The van der Waals surface area contributed by atoms with Gasteiger partial charge in [-0.2, -0.15) is 0 Å². The van der Waals surface area contributed by atoms with Crippen molar-refractivity contribution in [3.63, 3.8) is 0 Å². The predicted octanol–water partition coefficient (Wildman–Crippen LogP) is 7.85. The predicted molar refractivity (Wildman–Crippen MR) is 200 cm³/mol. The van der Waals surface area contributed by atoms with E-state index in [4.69, 9.17) is 4.74 Å². The van der Waals surface area contributed by atoms with Gasteiger partial charge in [0.05, 0.1) is 10.6 Å². The first-order valence-corrected chi connectivity index (χ1v) is 18.6. The van der Waals surface area contributed by atoms with E-state index in [2.05, 4.69) is 21.2 Å². The van der Waals surface area contributed by atoms with Crippen LogP contribution in [0.15, 0.2) is 149 Å². The Hall–Kier alpha value is -4.93. The number of benzene rings is 5. The number of halogens is 1. The number of hydrogen-bond acceptors (Lipinski definition) is 5. The molecular formula is C40H40BrN3O5S. The molecular weight excluding hydrogens is 714 g/mol. The second-order valence-corrected chi connectivity index (χ2v) is 15.0. The van der Waals surface area contributed by atoms with Crippen molar-refractivity contribution in [1.82, 2.24) is 10.2 Å². The van der Waals surface area contributed by atoms with E-state index in [9.17, 15) is 18.0 Å². The minimum absolute atomic E-state index is 0.0346. The van der Waals surface area contributed by atoms with Crippen molar-refractivity contribution >= 4 is 43.5 Å². The Kier molecular flexibility index (Phi) is 12.5. The van der Waals surface area contributed by atoms with Crippen molar-refractivity contribution < 1.29 is 22.7 Å². The van der Waals surface area contributed by atoms with E-state index in [0.29, 0.717) is 18.0 Å². The van der Waals surface area contributed by atoms with Crippen LogP contribution in [0, 0.1) is 5.92 Å². The van der Waals surface area contributed by atoms with Gasteiger partial charge < -0.3 is 15.0 Å². The monoisotopic (exact) mass is 753 g/mol. The molecule has 10 heteroatoms. The van der Waals surface area contributed by atoms with Crippen LogP contribution in [0.1, 0.15) is 25.0 Å². The quantitative estimate of drug-likeness (QED) is 0.118. The molecule has 1 atom stereocenters. The van der Waals surface area contributed by atoms with Gasteiger partial charge in [0.15, 0.2) is 0 Å². The van der Waals surface area contributed by atoms with Gasteiger partial charge >= 0.3 is 0 Å². The molecule has 0 aromatic heterocycles. The van der Waals surface area contributed by atoms with Crippen LogP contribution in [-0.4, -0.2) is 44.3 Å². The zero-order chi connectivity index (χ0) is 35.5. The molecule has 5 rings (SSSR count). The summed E-state index contributed by atoms with van der Waals surface area (Å²) in [6.45, 7) is 3.97. The van der Waals surface area contributed by atoms with Gasteiger partial charge in [-0.3, -0.25) is 13.9 Å². The molecule has 0 fully saturated rings. The van der Waals surface area contributed by atoms with Gasteiger partial charge in [0, 0.05) is 24.0 Å². The lowest BCUT2D eigenvalue weighted by atomic mass is 10.0. The van der Waals surface area contributed by atoms with Crippen molar-refractivity contribution in [2.45, 2.75) is 37.8 Å². The third kappa shape index (κ3) is 9.83. The van der Waals surface area contributed by atoms with Crippen LogP contribution in [0.25, 0.3) is 0 Å². The van der Waals surface area contributed by atoms with E-state index in [1.165, 1.54) is 17.0 Å². The van der Waals surface area contributed by atoms with Gasteiger partial charge in [-0.1, -0.05) is 109 Å². The maximum Gasteiger partial charge on any atom is 0.264 e. The fraction of sp³-hybridized carbons (Fsp3) is 0.200. The summed E-state index contributed by atoms with van der Waals surface area (Å²) in [4.78, 5) is 30.1. The van der Waals surface area contributed by atoms with E-state index in [1.54, 1.807) is 42.5 Å². The number of carbonyl (C=O) groups is 2. The van der Waals surface area contributed by atoms with Crippen LogP contribution in [0.4, 0.5) is 5.69 Å². The normalized spacial score (nSPS) is 11.8. The van der Waals surface area contributed by atoms with Crippen molar-refractivity contribution in [3.05, 3.63) is 155 Å². The highest BCUT2D eigenvalue weighted by Gasteiger charge is 2.34. The molecule has 0 aliphatic carbocycles. The summed E-state index contributed by atoms with van der Waals surface area (Å²) >= 11 is 3.47. The van der Waals surface area contributed by atoms with Crippen molar-refractivity contribution in [1.29, 1.82) is 0 Å². The van der Waals surface area contributed by atoms with Crippen LogP contribution in [-0.2, 0) is 32.6 Å². The third-order valence-electron chi connectivity index (χ3n) is 7.94. The minimum atomic E-state index is -4.22. The summed E-state index contributed by atoms with van der Waals surface area (Å²) in [6, 6.07) is 39.9. The smallest absolute Gasteiger partial charge is 0.264 e. The highest BCUT2D eigenvalue weighted by atomic mass is 79.9. The summed E-state index contributed by atoms with van der Waals surface area (Å²) < 4.78 is 36.5. The Morgan fingerprint density at radius 2 is 1.28 bits per heavy atom. The molecule has 0 spiro atoms. The molecule has 50 heavy (non-hydrogen) atoms. The number of carbonyl (C=O) groups excluding carboxylic acids is 2. The lowest BCUT2D eigenvalue weighted by molar-refractivity contribution is -0.140. The van der Waals surface area contributed by atoms with E-state index < -0.39 is 28.5 Å². The minimum Gasteiger partial charge on any atom is -0.457 e. The second-order valence-electron chi connectivity index (χ2n) is 12.2. The average Bonchev–Trinajstić information content (AvgIpc) is 3.13. The molecule has 0 aliphatic heterocycles. The molecule has 0 bridgehead atoms. The fourth-order valence-electron chi connectivity index (χ4n) is 5.32. The summed E-state index contributed by atoms with van der Waals surface area (Å²) in [5, 5.41) is 3.01. The summed E-state index contributed by atoms with van der Waals surface area (Å²) in [6.07, 6.45) is 0.240. The highest BCUT2D eigenvalue weighted by Crippen LogP contribution is 2.29. The van der Waals surface area contributed by atoms with E-state index >= 15 is 0 Å². The topological polar surface area (TPSA) is 96.0 Å². The number of hydrogen-bond donors (Lipinski definition) is 1. The molecule has 1 N–H and O–H groups in total. The van der Waals surface area contributed by atoms with Crippen molar-refractivity contribution in [2.24, 2.45) is 5.92 Å². The first kappa shape index (κ1) is 36.4. The number of sulfonamides is 1. The Balaban J connectivity index is 1.54. The van der Waals surface area contributed by atoms with Gasteiger partial charge in [-0.05, 0) is 77.7 Å². The third-order valence-corrected chi connectivity index (χ3v) is 10.3. The van der Waals surface area contributed by atoms with Gasteiger partial charge in [0.2, 0.25) is 11.8 Å². The molecule has 5 aromatic carbocycles. The highest BCUT2D eigenvalue weighted by molar-refractivity contribution is 9.10. The molecule has 1 unspecified atom stereocenters. The van der Waals surface area contributed by atoms with Gasteiger partial charge in [0.1, 0.15) is 24.1 Å². The summed E-state index contributed by atoms with van der Waals surface area (Å²) in [7, 11) is -4.22. The van der Waals surface area contributed by atoms with Crippen LogP contribution < -0.4 is 14.4 Å². The lowest BCUT2D eigenvalue weighted by Gasteiger charge is -2.34. The van der Waals surface area contributed by atoms with Crippen LogP contribution in [0.2, 0.25) is 0 Å². The molecule has 8 nitrogen and oxygen atoms in total. The number of nitrogens with one attached hydrogen (secondary N) is 1. The van der Waals surface area contributed by atoms with Crippen LogP contribution in [0.3, 0.4) is 0 Å². The standard InChI is InChI=1S/C40H40BrN3O5S/c1-30(2)27-42-40(46)38(26-31-12-6-3-7-13-31)43(28-32-18-20-33(41)21-19-32)39(45)29-44(50(47,48)37-16-10-5-11-17-37)34-22-24-36(25-23-34)49-35-14-8-4-9-15-35/h3-25,30,38H,26-29H2,1-2H3,(H,42,46). The maximum absolute atomic E-state index is 14.7. The second kappa shape index (κ2) is 17.1. The molecule has 0 heterocycles. The maximum atomic E-state index is 14.7. The van der Waals surface area contributed by atoms with Crippen LogP contribution in [0.5, 0.6) is 11.5 Å². The molecule has 0 aliphatic rings. The molecule has 0 saturated carbocycles. The SMILES string of the molecule is CC(C)CNC(=O)C(Cc1ccccc1)N(Cc1ccc(Br)cc1)C(=O)CN(c1ccc(Oc2ccccc2)cc1)S(=O)(=O)c1ccccc1. The number of para-hydroxylation sites is 1. The Morgan fingerprint density at radius 3 is 1.88 bits per heavy atom. The van der Waals surface area contributed by atoms with E-state index in [-0.39, 0.29) is 35.4 Å². The molecule has 0 saturated heterocycles. The van der Waals surface area contributed by atoms with Gasteiger partial charge in [0.25, 0.3) is 10.0 Å². The number of ether oxygens (including phenoxy) is 1. The fourth-order valence-corrected chi connectivity index (χ4v) is 7.02.